The number of nitrogens with one attached hydrogen (secondary N) is 1. The summed E-state index contributed by atoms with van der Waals surface area (Å²) in [6.45, 7) is 11.1. The Morgan fingerprint density at radius 3 is 2.37 bits per heavy atom. The van der Waals surface area contributed by atoms with Crippen molar-refractivity contribution in [1.82, 2.24) is 14.7 Å². The summed E-state index contributed by atoms with van der Waals surface area (Å²) < 4.78 is 6.91. The van der Waals surface area contributed by atoms with Crippen LogP contribution >= 0.6 is 0 Å². The van der Waals surface area contributed by atoms with Gasteiger partial charge in [-0.2, -0.15) is 5.10 Å². The molecule has 0 unspecified atom stereocenters. The molecule has 0 spiro atoms. The summed E-state index contributed by atoms with van der Waals surface area (Å²) in [5, 5.41) is 7.78. The van der Waals surface area contributed by atoms with Gasteiger partial charge in [0.05, 0.1) is 11.4 Å². The molecule has 0 bridgehead atoms. The molecule has 1 heterocycles. The number of anilines is 1. The fourth-order valence-electron chi connectivity index (χ4n) is 3.68. The van der Waals surface area contributed by atoms with Gasteiger partial charge in [-0.25, -0.2) is 4.68 Å². The van der Waals surface area contributed by atoms with Crippen LogP contribution in [0.25, 0.3) is 5.69 Å². The van der Waals surface area contributed by atoms with E-state index in [1.807, 2.05) is 56.3 Å². The Bertz CT molecular complexity index is 1160. The molecule has 0 saturated carbocycles. The van der Waals surface area contributed by atoms with Crippen LogP contribution in [0, 0.1) is 13.8 Å². The highest BCUT2D eigenvalue weighted by Gasteiger charge is 2.23. The fourth-order valence-corrected chi connectivity index (χ4v) is 3.68. The van der Waals surface area contributed by atoms with E-state index in [1.165, 1.54) is 0 Å². The van der Waals surface area contributed by atoms with Gasteiger partial charge in [0, 0.05) is 37.3 Å². The van der Waals surface area contributed by atoms with E-state index in [2.05, 4.69) is 26.1 Å². The molecule has 35 heavy (non-hydrogen) atoms. The predicted molar refractivity (Wildman–Crippen MR) is 139 cm³/mol. The topological polar surface area (TPSA) is 76.5 Å². The molecule has 0 saturated heterocycles. The number of hydrogen-bond donors (Lipinski definition) is 1. The molecule has 2 aromatic carbocycles. The Morgan fingerprint density at radius 1 is 1.03 bits per heavy atom. The number of hydrogen-bond acceptors (Lipinski definition) is 4. The van der Waals surface area contributed by atoms with E-state index in [0.717, 1.165) is 22.5 Å². The van der Waals surface area contributed by atoms with Gasteiger partial charge in [0.1, 0.15) is 12.4 Å². The molecule has 2 amide bonds. The van der Waals surface area contributed by atoms with Crippen LogP contribution in [-0.4, -0.2) is 53.3 Å². The monoisotopic (exact) mass is 476 g/mol. The van der Waals surface area contributed by atoms with Gasteiger partial charge in [-0.05, 0) is 50.1 Å². The van der Waals surface area contributed by atoms with Crippen molar-refractivity contribution in [2.24, 2.45) is 0 Å². The third kappa shape index (κ3) is 7.02. The van der Waals surface area contributed by atoms with Gasteiger partial charge in [0.2, 0.25) is 5.91 Å². The zero-order chi connectivity index (χ0) is 25.6. The molecule has 0 fully saturated rings. The van der Waals surface area contributed by atoms with E-state index in [9.17, 15) is 9.59 Å². The number of methoxy groups -OCH3 is 1. The molecule has 0 aliphatic heterocycles. The lowest BCUT2D eigenvalue weighted by atomic mass is 9.92. The first-order chi connectivity index (χ1) is 16.6. The minimum atomic E-state index is -0.280. The molecule has 7 nitrogen and oxygen atoms in total. The Kier molecular flexibility index (Phi) is 8.46. The zero-order valence-electron chi connectivity index (χ0n) is 21.6. The second-order valence-electron chi connectivity index (χ2n) is 9.90. The summed E-state index contributed by atoms with van der Waals surface area (Å²) in [6, 6.07) is 17.2. The molecule has 0 aliphatic carbocycles. The van der Waals surface area contributed by atoms with Crippen molar-refractivity contribution in [1.29, 1.82) is 0 Å². The molecule has 7 heteroatoms. The standard InChI is InChI=1S/C28H36N4O3/c1-20-11-13-22(14-12-20)27(34)31(15-8-16-35-6)19-26(33)29-25-18-24(28(3,4)5)30-32(25)23-10-7-9-21(2)17-23/h7,9-14,17-18H,8,15-16,19H2,1-6H3,(H,29,33). The van der Waals surface area contributed by atoms with Gasteiger partial charge >= 0.3 is 0 Å². The van der Waals surface area contributed by atoms with Crippen LogP contribution in [-0.2, 0) is 14.9 Å². The van der Waals surface area contributed by atoms with E-state index in [1.54, 1.807) is 28.8 Å². The van der Waals surface area contributed by atoms with E-state index in [0.29, 0.717) is 31.0 Å². The summed E-state index contributed by atoms with van der Waals surface area (Å²) in [6.07, 6.45) is 0.636. The first-order valence-electron chi connectivity index (χ1n) is 11.9. The SMILES string of the molecule is COCCCN(CC(=O)Nc1cc(C(C)(C)C)nn1-c1cccc(C)c1)C(=O)c1ccc(C)cc1. The number of nitrogens with zero attached hydrogens (tertiary/aromatic N) is 3. The number of carbonyl (C=O) groups is 2. The summed E-state index contributed by atoms with van der Waals surface area (Å²) >= 11 is 0. The highest BCUT2D eigenvalue weighted by molar-refractivity contribution is 5.99. The smallest absolute Gasteiger partial charge is 0.254 e. The number of aryl methyl sites for hydroxylation is 2. The Hall–Kier alpha value is -3.45. The van der Waals surface area contributed by atoms with Crippen molar-refractivity contribution in [2.75, 3.05) is 32.1 Å². The maximum atomic E-state index is 13.2. The third-order valence-electron chi connectivity index (χ3n) is 5.69. The highest BCUT2D eigenvalue weighted by Crippen LogP contribution is 2.26. The average molecular weight is 477 g/mol. The van der Waals surface area contributed by atoms with Crippen LogP contribution in [0.4, 0.5) is 5.82 Å². The molecular weight excluding hydrogens is 440 g/mol. The molecular formula is C28H36N4O3. The molecule has 0 radical (unpaired) electrons. The second kappa shape index (κ2) is 11.3. The van der Waals surface area contributed by atoms with Crippen molar-refractivity contribution in [2.45, 2.75) is 46.5 Å². The Morgan fingerprint density at radius 2 is 1.74 bits per heavy atom. The van der Waals surface area contributed by atoms with Crippen LogP contribution in [0.3, 0.4) is 0 Å². The van der Waals surface area contributed by atoms with Crippen LogP contribution in [0.2, 0.25) is 0 Å². The summed E-state index contributed by atoms with van der Waals surface area (Å²) in [4.78, 5) is 27.9. The number of aromatic nitrogens is 2. The van der Waals surface area contributed by atoms with Gasteiger partial charge in [0.25, 0.3) is 5.91 Å². The van der Waals surface area contributed by atoms with Crippen LogP contribution in [0.1, 0.15) is 54.4 Å². The number of rotatable bonds is 9. The second-order valence-corrected chi connectivity index (χ2v) is 9.90. The lowest BCUT2D eigenvalue weighted by Crippen LogP contribution is -2.39. The lowest BCUT2D eigenvalue weighted by molar-refractivity contribution is -0.117. The van der Waals surface area contributed by atoms with Gasteiger partial charge in [-0.15, -0.1) is 0 Å². The molecule has 3 rings (SSSR count). The predicted octanol–water partition coefficient (Wildman–Crippen LogP) is 4.90. The Balaban J connectivity index is 1.85. The van der Waals surface area contributed by atoms with Crippen molar-refractivity contribution >= 4 is 17.6 Å². The third-order valence-corrected chi connectivity index (χ3v) is 5.69. The normalized spacial score (nSPS) is 11.4. The number of benzene rings is 2. The van der Waals surface area contributed by atoms with Gasteiger partial charge in [-0.1, -0.05) is 50.6 Å². The molecule has 1 aromatic heterocycles. The van der Waals surface area contributed by atoms with E-state index in [-0.39, 0.29) is 23.8 Å². The molecule has 0 atom stereocenters. The van der Waals surface area contributed by atoms with E-state index >= 15 is 0 Å². The number of carbonyl (C=O) groups excluding carboxylic acids is 2. The van der Waals surface area contributed by atoms with E-state index < -0.39 is 0 Å². The van der Waals surface area contributed by atoms with Crippen molar-refractivity contribution < 1.29 is 14.3 Å². The van der Waals surface area contributed by atoms with Gasteiger partial charge < -0.3 is 15.0 Å². The first-order valence-corrected chi connectivity index (χ1v) is 11.9. The molecule has 1 N–H and O–H groups in total. The van der Waals surface area contributed by atoms with Gasteiger partial charge in [0.15, 0.2) is 0 Å². The van der Waals surface area contributed by atoms with Crippen molar-refractivity contribution in [3.05, 3.63) is 77.0 Å². The largest absolute Gasteiger partial charge is 0.385 e. The number of amides is 2. The zero-order valence-corrected chi connectivity index (χ0v) is 21.6. The van der Waals surface area contributed by atoms with Gasteiger partial charge in [-0.3, -0.25) is 9.59 Å². The maximum absolute atomic E-state index is 13.2. The van der Waals surface area contributed by atoms with Crippen LogP contribution < -0.4 is 5.32 Å². The van der Waals surface area contributed by atoms with Crippen molar-refractivity contribution in [3.63, 3.8) is 0 Å². The quantitative estimate of drug-likeness (QED) is 0.446. The first kappa shape index (κ1) is 26.2. The minimum absolute atomic E-state index is 0.0692. The van der Waals surface area contributed by atoms with Crippen molar-refractivity contribution in [3.8, 4) is 5.69 Å². The van der Waals surface area contributed by atoms with E-state index in [4.69, 9.17) is 9.84 Å². The summed E-state index contributed by atoms with van der Waals surface area (Å²) in [5.74, 6) is 0.112. The molecule has 3 aromatic rings. The number of ether oxygens (including phenoxy) is 1. The van der Waals surface area contributed by atoms with Crippen LogP contribution in [0.15, 0.2) is 54.6 Å². The summed E-state index contributed by atoms with van der Waals surface area (Å²) in [5.41, 5.74) is 4.26. The average Bonchev–Trinajstić information content (AvgIpc) is 3.23. The fraction of sp³-hybridized carbons (Fsp3) is 0.393. The minimum Gasteiger partial charge on any atom is -0.385 e. The maximum Gasteiger partial charge on any atom is 0.254 e. The molecule has 0 aliphatic rings. The summed E-state index contributed by atoms with van der Waals surface area (Å²) in [7, 11) is 1.62. The van der Waals surface area contributed by atoms with Crippen LogP contribution in [0.5, 0.6) is 0 Å². The Labute approximate surface area is 208 Å². The lowest BCUT2D eigenvalue weighted by Gasteiger charge is -2.22. The molecule has 186 valence electrons. The highest BCUT2D eigenvalue weighted by atomic mass is 16.5.